The van der Waals surface area contributed by atoms with Gasteiger partial charge >= 0.3 is 0 Å². The van der Waals surface area contributed by atoms with Crippen LogP contribution >= 0.6 is 12.2 Å². The van der Waals surface area contributed by atoms with Gasteiger partial charge in [0.25, 0.3) is 0 Å². The van der Waals surface area contributed by atoms with E-state index in [1.165, 1.54) is 12.1 Å². The van der Waals surface area contributed by atoms with Gasteiger partial charge in [-0.1, -0.05) is 12.1 Å². The zero-order chi connectivity index (χ0) is 18.2. The lowest BCUT2D eigenvalue weighted by molar-refractivity contribution is 0.394. The van der Waals surface area contributed by atoms with E-state index in [2.05, 4.69) is 15.8 Å². The highest BCUT2D eigenvalue weighted by Crippen LogP contribution is 2.24. The number of nitrogens with zero attached hydrogens (tertiary/aromatic N) is 1. The topological polar surface area (TPSA) is 54.9 Å². The molecule has 2 aromatic rings. The zero-order valence-corrected chi connectivity index (χ0v) is 15.1. The predicted molar refractivity (Wildman–Crippen MR) is 101 cm³/mol. The molecule has 2 rings (SSSR count). The monoisotopic (exact) mass is 361 g/mol. The fraction of sp³-hybridized carbons (Fsp3) is 0.222. The summed E-state index contributed by atoms with van der Waals surface area (Å²) in [7, 11) is 3.19. The Labute approximate surface area is 151 Å². The van der Waals surface area contributed by atoms with Gasteiger partial charge < -0.3 is 14.8 Å². The quantitative estimate of drug-likeness (QED) is 0.470. The third kappa shape index (κ3) is 5.42. The van der Waals surface area contributed by atoms with Gasteiger partial charge in [0.05, 0.1) is 19.9 Å². The Morgan fingerprint density at radius 3 is 2.48 bits per heavy atom. The van der Waals surface area contributed by atoms with Gasteiger partial charge in [0.2, 0.25) is 0 Å². The number of rotatable bonds is 6. The van der Waals surface area contributed by atoms with Crippen molar-refractivity contribution in [1.29, 1.82) is 0 Å². The molecule has 0 aliphatic rings. The van der Waals surface area contributed by atoms with E-state index in [1.807, 2.05) is 19.1 Å². The van der Waals surface area contributed by atoms with Crippen molar-refractivity contribution < 1.29 is 13.9 Å². The maximum absolute atomic E-state index is 12.9. The summed E-state index contributed by atoms with van der Waals surface area (Å²) < 4.78 is 23.4. The second kappa shape index (κ2) is 8.98. The minimum atomic E-state index is -0.266. The fourth-order valence-corrected chi connectivity index (χ4v) is 2.23. The van der Waals surface area contributed by atoms with Crippen LogP contribution in [0, 0.1) is 5.82 Å². The van der Waals surface area contributed by atoms with Crippen LogP contribution in [0.25, 0.3) is 0 Å². The van der Waals surface area contributed by atoms with Crippen molar-refractivity contribution in [2.24, 2.45) is 5.10 Å². The number of hydrogen-bond acceptors (Lipinski definition) is 4. The Kier molecular flexibility index (Phi) is 6.71. The lowest BCUT2D eigenvalue weighted by atomic mass is 10.1. The highest BCUT2D eigenvalue weighted by Gasteiger charge is 2.08. The van der Waals surface area contributed by atoms with Crippen LogP contribution in [-0.4, -0.2) is 25.0 Å². The number of hydrazone groups is 1. The molecule has 0 aromatic heterocycles. The molecule has 0 aliphatic carbocycles. The van der Waals surface area contributed by atoms with Crippen LogP contribution in [0.2, 0.25) is 0 Å². The van der Waals surface area contributed by atoms with E-state index in [0.717, 1.165) is 11.1 Å². The highest BCUT2D eigenvalue weighted by molar-refractivity contribution is 7.80. The normalized spacial score (nSPS) is 11.0. The first-order valence-corrected chi connectivity index (χ1v) is 7.99. The smallest absolute Gasteiger partial charge is 0.187 e. The minimum Gasteiger partial charge on any atom is -0.497 e. The maximum atomic E-state index is 12.9. The second-order valence-corrected chi connectivity index (χ2v) is 5.59. The summed E-state index contributed by atoms with van der Waals surface area (Å²) in [6.07, 6.45) is 0. The van der Waals surface area contributed by atoms with Gasteiger partial charge in [0, 0.05) is 18.2 Å². The molecule has 2 N–H and O–H groups in total. The van der Waals surface area contributed by atoms with Crippen LogP contribution in [0.15, 0.2) is 47.6 Å². The number of halogens is 1. The van der Waals surface area contributed by atoms with Crippen molar-refractivity contribution in [3.8, 4) is 11.5 Å². The van der Waals surface area contributed by atoms with E-state index in [9.17, 15) is 4.39 Å². The van der Waals surface area contributed by atoms with Crippen molar-refractivity contribution in [3.05, 3.63) is 59.4 Å². The van der Waals surface area contributed by atoms with Gasteiger partial charge in [-0.15, -0.1) is 0 Å². The van der Waals surface area contributed by atoms with Crippen molar-refractivity contribution in [2.45, 2.75) is 13.5 Å². The molecule has 5 nitrogen and oxygen atoms in total. The molecule has 0 fully saturated rings. The van der Waals surface area contributed by atoms with Gasteiger partial charge in [-0.05, 0) is 49.0 Å². The molecule has 0 atom stereocenters. The molecule has 0 spiro atoms. The number of ether oxygens (including phenoxy) is 2. The molecule has 0 aliphatic heterocycles. The molecule has 0 radical (unpaired) electrons. The van der Waals surface area contributed by atoms with Gasteiger partial charge in [-0.3, -0.25) is 5.43 Å². The standard InChI is InChI=1S/C18H20FN3O2S/c1-12(16-9-8-15(23-2)10-17(16)24-3)21-22-18(25)20-11-13-4-6-14(19)7-5-13/h4-10H,11H2,1-3H3,(H2,20,22,25)/b21-12-. The molecule has 132 valence electrons. The Morgan fingerprint density at radius 1 is 1.12 bits per heavy atom. The van der Waals surface area contributed by atoms with Crippen LogP contribution in [0.3, 0.4) is 0 Å². The first-order valence-electron chi connectivity index (χ1n) is 7.58. The van der Waals surface area contributed by atoms with Gasteiger partial charge in [0.1, 0.15) is 17.3 Å². The summed E-state index contributed by atoms with van der Waals surface area (Å²) in [6.45, 7) is 2.33. The molecule has 25 heavy (non-hydrogen) atoms. The van der Waals surface area contributed by atoms with Crippen LogP contribution < -0.4 is 20.2 Å². The average molecular weight is 361 g/mol. The second-order valence-electron chi connectivity index (χ2n) is 5.18. The Morgan fingerprint density at radius 2 is 1.84 bits per heavy atom. The summed E-state index contributed by atoms with van der Waals surface area (Å²) >= 11 is 5.19. The minimum absolute atomic E-state index is 0.266. The van der Waals surface area contributed by atoms with Crippen LogP contribution in [0.4, 0.5) is 4.39 Å². The highest BCUT2D eigenvalue weighted by atomic mass is 32.1. The lowest BCUT2D eigenvalue weighted by Gasteiger charge is -2.11. The first-order chi connectivity index (χ1) is 12.0. The van der Waals surface area contributed by atoms with Gasteiger partial charge in [0.15, 0.2) is 5.11 Å². The van der Waals surface area contributed by atoms with Crippen LogP contribution in [0.1, 0.15) is 18.1 Å². The Hall–Kier alpha value is -2.67. The van der Waals surface area contributed by atoms with E-state index < -0.39 is 0 Å². The van der Waals surface area contributed by atoms with Crippen LogP contribution in [-0.2, 0) is 6.54 Å². The van der Waals surface area contributed by atoms with Crippen molar-refractivity contribution >= 4 is 23.0 Å². The van der Waals surface area contributed by atoms with Crippen LogP contribution in [0.5, 0.6) is 11.5 Å². The summed E-state index contributed by atoms with van der Waals surface area (Å²) in [5, 5.41) is 7.65. The molecule has 0 amide bonds. The predicted octanol–water partition coefficient (Wildman–Crippen LogP) is 3.23. The van der Waals surface area contributed by atoms with Crippen molar-refractivity contribution in [2.75, 3.05) is 14.2 Å². The van der Waals surface area contributed by atoms with E-state index in [0.29, 0.717) is 28.9 Å². The van der Waals surface area contributed by atoms with Gasteiger partial charge in [-0.25, -0.2) is 4.39 Å². The average Bonchev–Trinajstić information content (AvgIpc) is 2.65. The molecule has 0 saturated heterocycles. The van der Waals surface area contributed by atoms with E-state index in [1.54, 1.807) is 32.4 Å². The molecule has 2 aromatic carbocycles. The van der Waals surface area contributed by atoms with Crippen molar-refractivity contribution in [1.82, 2.24) is 10.7 Å². The van der Waals surface area contributed by atoms with E-state index >= 15 is 0 Å². The molecule has 0 unspecified atom stereocenters. The third-order valence-corrected chi connectivity index (χ3v) is 3.73. The number of hydrogen-bond donors (Lipinski definition) is 2. The number of thiocarbonyl (C=S) groups is 1. The summed E-state index contributed by atoms with van der Waals surface area (Å²) in [4.78, 5) is 0. The summed E-state index contributed by atoms with van der Waals surface area (Å²) in [5.41, 5.74) is 5.25. The molecule has 0 bridgehead atoms. The first kappa shape index (κ1) is 18.7. The third-order valence-electron chi connectivity index (χ3n) is 3.49. The zero-order valence-electron chi connectivity index (χ0n) is 14.3. The molecular weight excluding hydrogens is 341 g/mol. The van der Waals surface area contributed by atoms with E-state index in [4.69, 9.17) is 21.7 Å². The molecule has 7 heteroatoms. The Balaban J connectivity index is 1.96. The molecule has 0 saturated carbocycles. The summed E-state index contributed by atoms with van der Waals surface area (Å²) in [5.74, 6) is 1.10. The largest absolute Gasteiger partial charge is 0.497 e. The number of benzene rings is 2. The van der Waals surface area contributed by atoms with Gasteiger partial charge in [-0.2, -0.15) is 5.10 Å². The Bertz CT molecular complexity index is 763. The number of methoxy groups -OCH3 is 2. The molecule has 0 heterocycles. The number of nitrogens with one attached hydrogen (secondary N) is 2. The molecular formula is C18H20FN3O2S. The SMILES string of the molecule is COc1ccc(/C(C)=N\NC(=S)NCc2ccc(F)cc2)c(OC)c1. The lowest BCUT2D eigenvalue weighted by Crippen LogP contribution is -2.32. The summed E-state index contributed by atoms with van der Waals surface area (Å²) in [6, 6.07) is 11.7. The van der Waals surface area contributed by atoms with Crippen molar-refractivity contribution in [3.63, 3.8) is 0 Å². The fourth-order valence-electron chi connectivity index (χ4n) is 2.12. The maximum Gasteiger partial charge on any atom is 0.187 e. The van der Waals surface area contributed by atoms with E-state index in [-0.39, 0.29) is 5.82 Å².